The first-order valence-electron chi connectivity index (χ1n) is 5.84. The van der Waals surface area contributed by atoms with E-state index in [1.165, 1.54) is 0 Å². The molecule has 7 nitrogen and oxygen atoms in total. The summed E-state index contributed by atoms with van der Waals surface area (Å²) in [4.78, 5) is 10.4. The molecule has 0 bridgehead atoms. The number of nitrogen functional groups attached to an aromatic ring is 1. The molecule has 0 aliphatic heterocycles. The minimum Gasteiger partial charge on any atom is -0.385 e. The van der Waals surface area contributed by atoms with Crippen LogP contribution in [0.25, 0.3) is 0 Å². The van der Waals surface area contributed by atoms with Crippen LogP contribution in [0, 0.1) is 0 Å². The van der Waals surface area contributed by atoms with Crippen LogP contribution < -0.4 is 16.2 Å². The van der Waals surface area contributed by atoms with E-state index in [1.54, 1.807) is 20.4 Å². The van der Waals surface area contributed by atoms with E-state index >= 15 is 0 Å². The van der Waals surface area contributed by atoms with E-state index < -0.39 is 0 Å². The van der Waals surface area contributed by atoms with Crippen molar-refractivity contribution in [1.29, 1.82) is 0 Å². The van der Waals surface area contributed by atoms with Crippen molar-refractivity contribution in [1.82, 2.24) is 9.97 Å². The van der Waals surface area contributed by atoms with Crippen molar-refractivity contribution < 1.29 is 9.47 Å². The SMILES string of the molecule is COCCCN(CCOC)c1ccnc(NN)n1. The summed E-state index contributed by atoms with van der Waals surface area (Å²) in [5.41, 5.74) is 2.44. The molecule has 0 amide bonds. The number of aromatic nitrogens is 2. The number of anilines is 2. The predicted octanol–water partition coefficient (Wildman–Crippen LogP) is 0.252. The molecule has 0 radical (unpaired) electrons. The number of hydrogen-bond acceptors (Lipinski definition) is 7. The highest BCUT2D eigenvalue weighted by atomic mass is 16.5. The zero-order valence-corrected chi connectivity index (χ0v) is 10.9. The van der Waals surface area contributed by atoms with Gasteiger partial charge >= 0.3 is 0 Å². The molecule has 7 heteroatoms. The first kappa shape index (κ1) is 14.6. The van der Waals surface area contributed by atoms with Gasteiger partial charge < -0.3 is 14.4 Å². The average Bonchev–Trinajstić information content (AvgIpc) is 2.42. The minimum absolute atomic E-state index is 0.404. The lowest BCUT2D eigenvalue weighted by Crippen LogP contribution is -2.30. The molecular weight excluding hydrogens is 234 g/mol. The van der Waals surface area contributed by atoms with Gasteiger partial charge in [0.1, 0.15) is 5.82 Å². The largest absolute Gasteiger partial charge is 0.385 e. The lowest BCUT2D eigenvalue weighted by Gasteiger charge is -2.23. The number of hydrogen-bond donors (Lipinski definition) is 2. The molecule has 0 atom stereocenters. The van der Waals surface area contributed by atoms with Crippen LogP contribution in [-0.2, 0) is 9.47 Å². The molecule has 0 fully saturated rings. The molecule has 1 aromatic rings. The highest BCUT2D eigenvalue weighted by molar-refractivity contribution is 5.41. The Kier molecular flexibility index (Phi) is 7.00. The number of nitrogens with zero attached hydrogens (tertiary/aromatic N) is 3. The van der Waals surface area contributed by atoms with Crippen LogP contribution in [0.5, 0.6) is 0 Å². The molecule has 3 N–H and O–H groups in total. The maximum Gasteiger partial charge on any atom is 0.239 e. The van der Waals surface area contributed by atoms with Gasteiger partial charge in [-0.2, -0.15) is 4.98 Å². The van der Waals surface area contributed by atoms with Crippen molar-refractivity contribution in [3.8, 4) is 0 Å². The van der Waals surface area contributed by atoms with Gasteiger partial charge in [0.2, 0.25) is 5.95 Å². The zero-order chi connectivity index (χ0) is 13.2. The Hall–Kier alpha value is -1.44. The zero-order valence-electron chi connectivity index (χ0n) is 10.9. The number of nitrogens with one attached hydrogen (secondary N) is 1. The Morgan fingerprint density at radius 3 is 2.72 bits per heavy atom. The van der Waals surface area contributed by atoms with Crippen LogP contribution in [-0.4, -0.2) is 50.5 Å². The Labute approximate surface area is 107 Å². The summed E-state index contributed by atoms with van der Waals surface area (Å²) >= 11 is 0. The first-order chi connectivity index (χ1) is 8.81. The lowest BCUT2D eigenvalue weighted by molar-refractivity contribution is 0.191. The summed E-state index contributed by atoms with van der Waals surface area (Å²) in [6.45, 7) is 2.97. The normalized spacial score (nSPS) is 10.4. The molecule has 18 heavy (non-hydrogen) atoms. The van der Waals surface area contributed by atoms with Gasteiger partial charge in [0.05, 0.1) is 6.61 Å². The standard InChI is InChI=1S/C11H21N5O2/c1-17-8-3-6-16(7-9-18-2)10-4-5-13-11(14-10)15-12/h4-5H,3,6-9,12H2,1-2H3,(H,13,14,15). The smallest absolute Gasteiger partial charge is 0.239 e. The molecule has 0 saturated heterocycles. The van der Waals surface area contributed by atoms with Crippen LogP contribution in [0.15, 0.2) is 12.3 Å². The third-order valence-corrected chi connectivity index (χ3v) is 2.44. The summed E-state index contributed by atoms with van der Waals surface area (Å²) in [5.74, 6) is 6.53. The van der Waals surface area contributed by atoms with Gasteiger partial charge in [-0.15, -0.1) is 0 Å². The molecule has 1 aromatic heterocycles. The van der Waals surface area contributed by atoms with E-state index in [1.807, 2.05) is 6.07 Å². The molecule has 0 saturated carbocycles. The van der Waals surface area contributed by atoms with E-state index in [0.29, 0.717) is 12.6 Å². The Bertz CT molecular complexity index is 337. The van der Waals surface area contributed by atoms with Crippen molar-refractivity contribution >= 4 is 11.8 Å². The summed E-state index contributed by atoms with van der Waals surface area (Å²) in [6.07, 6.45) is 2.60. The van der Waals surface area contributed by atoms with Crippen LogP contribution in [0.1, 0.15) is 6.42 Å². The Morgan fingerprint density at radius 1 is 1.28 bits per heavy atom. The van der Waals surface area contributed by atoms with Crippen molar-refractivity contribution in [2.24, 2.45) is 5.84 Å². The first-order valence-corrected chi connectivity index (χ1v) is 5.84. The van der Waals surface area contributed by atoms with Crippen LogP contribution in [0.4, 0.5) is 11.8 Å². The predicted molar refractivity (Wildman–Crippen MR) is 70.4 cm³/mol. The van der Waals surface area contributed by atoms with Gasteiger partial charge in [-0.1, -0.05) is 0 Å². The van der Waals surface area contributed by atoms with Gasteiger partial charge in [-0.05, 0) is 12.5 Å². The van der Waals surface area contributed by atoms with E-state index in [9.17, 15) is 0 Å². The molecule has 0 aliphatic carbocycles. The number of nitrogens with two attached hydrogens (primary N) is 1. The van der Waals surface area contributed by atoms with Gasteiger partial charge in [-0.3, -0.25) is 5.43 Å². The van der Waals surface area contributed by atoms with Gasteiger partial charge in [0, 0.05) is 40.1 Å². The van der Waals surface area contributed by atoms with E-state index in [4.69, 9.17) is 15.3 Å². The van der Waals surface area contributed by atoms with E-state index in [2.05, 4.69) is 20.3 Å². The highest BCUT2D eigenvalue weighted by Crippen LogP contribution is 2.12. The summed E-state index contributed by atoms with van der Waals surface area (Å²) in [7, 11) is 3.38. The highest BCUT2D eigenvalue weighted by Gasteiger charge is 2.08. The topological polar surface area (TPSA) is 85.5 Å². The molecule has 0 spiro atoms. The fourth-order valence-electron chi connectivity index (χ4n) is 1.54. The van der Waals surface area contributed by atoms with Crippen molar-refractivity contribution in [3.05, 3.63) is 12.3 Å². The third kappa shape index (κ3) is 4.82. The van der Waals surface area contributed by atoms with Gasteiger partial charge in [0.15, 0.2) is 0 Å². The quantitative estimate of drug-likeness (QED) is 0.371. The number of hydrazine groups is 1. The fourth-order valence-corrected chi connectivity index (χ4v) is 1.54. The monoisotopic (exact) mass is 255 g/mol. The molecular formula is C11H21N5O2. The number of ether oxygens (including phenoxy) is 2. The Morgan fingerprint density at radius 2 is 2.06 bits per heavy atom. The van der Waals surface area contributed by atoms with Gasteiger partial charge in [0.25, 0.3) is 0 Å². The number of rotatable bonds is 9. The molecule has 1 rings (SSSR count). The minimum atomic E-state index is 0.404. The second kappa shape index (κ2) is 8.62. The van der Waals surface area contributed by atoms with Gasteiger partial charge in [-0.25, -0.2) is 10.8 Å². The third-order valence-electron chi connectivity index (χ3n) is 2.44. The fraction of sp³-hybridized carbons (Fsp3) is 0.636. The molecule has 0 aromatic carbocycles. The molecule has 0 aliphatic rings. The average molecular weight is 255 g/mol. The number of methoxy groups -OCH3 is 2. The maximum atomic E-state index is 5.30. The molecule has 0 unspecified atom stereocenters. The molecule has 1 heterocycles. The second-order valence-electron chi connectivity index (χ2n) is 3.71. The van der Waals surface area contributed by atoms with Crippen LogP contribution >= 0.6 is 0 Å². The van der Waals surface area contributed by atoms with Crippen molar-refractivity contribution in [2.75, 3.05) is 50.8 Å². The molecule has 102 valence electrons. The van der Waals surface area contributed by atoms with E-state index in [-0.39, 0.29) is 0 Å². The van der Waals surface area contributed by atoms with Crippen molar-refractivity contribution in [2.45, 2.75) is 6.42 Å². The summed E-state index contributed by atoms with van der Waals surface area (Å²) < 4.78 is 10.2. The van der Waals surface area contributed by atoms with E-state index in [0.717, 1.165) is 31.9 Å². The maximum absolute atomic E-state index is 5.30. The lowest BCUT2D eigenvalue weighted by atomic mass is 10.3. The van der Waals surface area contributed by atoms with Crippen molar-refractivity contribution in [3.63, 3.8) is 0 Å². The summed E-state index contributed by atoms with van der Waals surface area (Å²) in [5, 5.41) is 0. The van der Waals surface area contributed by atoms with Crippen LogP contribution in [0.3, 0.4) is 0 Å². The van der Waals surface area contributed by atoms with Crippen LogP contribution in [0.2, 0.25) is 0 Å². The Balaban J connectivity index is 2.66. The second-order valence-corrected chi connectivity index (χ2v) is 3.71. The summed E-state index contributed by atoms with van der Waals surface area (Å²) in [6, 6.07) is 1.85.